The molecule has 1 nitrogen and oxygen atoms in total. The van der Waals surface area contributed by atoms with Gasteiger partial charge < -0.3 is 5.32 Å². The van der Waals surface area contributed by atoms with Crippen molar-refractivity contribution in [1.82, 2.24) is 5.32 Å². The average Bonchev–Trinajstić information content (AvgIpc) is 2.88. The van der Waals surface area contributed by atoms with Crippen molar-refractivity contribution in [3.8, 4) is 0 Å². The maximum absolute atomic E-state index is 3.70. The standard InChI is InChI=1S/C19H33NS/c1-5-18-8-9-19(21-18)11-17-10-15(4)6-7-16(17)13-20-12-14(2)3/h8-9,14-17,20H,5-7,10-13H2,1-4H3. The van der Waals surface area contributed by atoms with Crippen LogP contribution < -0.4 is 5.32 Å². The summed E-state index contributed by atoms with van der Waals surface area (Å²) in [6.07, 6.45) is 6.76. The van der Waals surface area contributed by atoms with E-state index in [-0.39, 0.29) is 0 Å². The molecular formula is C19H33NS. The molecule has 0 aromatic carbocycles. The van der Waals surface area contributed by atoms with Crippen molar-refractivity contribution in [3.05, 3.63) is 21.9 Å². The average molecular weight is 308 g/mol. The topological polar surface area (TPSA) is 12.0 Å². The molecule has 1 aliphatic carbocycles. The maximum Gasteiger partial charge on any atom is 0.00510 e. The molecule has 1 heterocycles. The molecule has 0 amide bonds. The molecule has 2 rings (SSSR count). The van der Waals surface area contributed by atoms with Crippen LogP contribution in [0.1, 0.15) is 56.7 Å². The molecule has 1 N–H and O–H groups in total. The van der Waals surface area contributed by atoms with Gasteiger partial charge in [-0.3, -0.25) is 0 Å². The van der Waals surface area contributed by atoms with E-state index >= 15 is 0 Å². The summed E-state index contributed by atoms with van der Waals surface area (Å²) in [5, 5.41) is 3.70. The zero-order chi connectivity index (χ0) is 15.2. The molecule has 1 aromatic heterocycles. The van der Waals surface area contributed by atoms with E-state index < -0.39 is 0 Å². The minimum Gasteiger partial charge on any atom is -0.316 e. The van der Waals surface area contributed by atoms with Crippen molar-refractivity contribution in [3.63, 3.8) is 0 Å². The van der Waals surface area contributed by atoms with Crippen molar-refractivity contribution >= 4 is 11.3 Å². The predicted octanol–water partition coefficient (Wildman–Crippen LogP) is 5.15. The summed E-state index contributed by atoms with van der Waals surface area (Å²) in [5.41, 5.74) is 0. The molecule has 21 heavy (non-hydrogen) atoms. The number of hydrogen-bond donors (Lipinski definition) is 1. The highest BCUT2D eigenvalue weighted by molar-refractivity contribution is 7.11. The summed E-state index contributed by atoms with van der Waals surface area (Å²) in [7, 11) is 0. The largest absolute Gasteiger partial charge is 0.316 e. The van der Waals surface area contributed by atoms with E-state index in [1.807, 2.05) is 11.3 Å². The van der Waals surface area contributed by atoms with Crippen LogP contribution in [0.3, 0.4) is 0 Å². The van der Waals surface area contributed by atoms with E-state index in [0.717, 1.165) is 30.2 Å². The normalized spacial score (nSPS) is 26.4. The van der Waals surface area contributed by atoms with Gasteiger partial charge in [-0.2, -0.15) is 0 Å². The van der Waals surface area contributed by atoms with Crippen LogP contribution in [0.25, 0.3) is 0 Å². The quantitative estimate of drug-likeness (QED) is 0.734. The number of thiophene rings is 1. The van der Waals surface area contributed by atoms with Gasteiger partial charge in [0.2, 0.25) is 0 Å². The molecular weight excluding hydrogens is 274 g/mol. The second-order valence-electron chi connectivity index (χ2n) is 7.42. The number of aryl methyl sites for hydroxylation is 1. The lowest BCUT2D eigenvalue weighted by Crippen LogP contribution is -2.35. The van der Waals surface area contributed by atoms with Crippen LogP contribution in [-0.4, -0.2) is 13.1 Å². The molecule has 3 atom stereocenters. The van der Waals surface area contributed by atoms with E-state index in [2.05, 4.69) is 45.1 Å². The lowest BCUT2D eigenvalue weighted by molar-refractivity contribution is 0.183. The summed E-state index contributed by atoms with van der Waals surface area (Å²) in [6.45, 7) is 11.7. The van der Waals surface area contributed by atoms with Gasteiger partial charge in [0.25, 0.3) is 0 Å². The van der Waals surface area contributed by atoms with E-state index in [1.165, 1.54) is 38.6 Å². The van der Waals surface area contributed by atoms with Crippen LogP contribution >= 0.6 is 11.3 Å². The van der Waals surface area contributed by atoms with Crippen LogP contribution in [-0.2, 0) is 12.8 Å². The molecule has 0 radical (unpaired) electrons. The third-order valence-electron chi connectivity index (χ3n) is 4.89. The summed E-state index contributed by atoms with van der Waals surface area (Å²) >= 11 is 2.04. The Morgan fingerprint density at radius 1 is 1.19 bits per heavy atom. The lowest BCUT2D eigenvalue weighted by Gasteiger charge is -2.35. The molecule has 0 saturated heterocycles. The number of hydrogen-bond acceptors (Lipinski definition) is 2. The van der Waals surface area contributed by atoms with Crippen LogP contribution in [0, 0.1) is 23.7 Å². The van der Waals surface area contributed by atoms with Gasteiger partial charge in [0.05, 0.1) is 0 Å². The highest BCUT2D eigenvalue weighted by atomic mass is 32.1. The van der Waals surface area contributed by atoms with Gasteiger partial charge in [-0.25, -0.2) is 0 Å². The van der Waals surface area contributed by atoms with Crippen LogP contribution in [0.2, 0.25) is 0 Å². The highest BCUT2D eigenvalue weighted by Crippen LogP contribution is 2.36. The van der Waals surface area contributed by atoms with E-state index in [0.29, 0.717) is 0 Å². The second-order valence-corrected chi connectivity index (χ2v) is 8.67. The first-order valence-corrected chi connectivity index (χ1v) is 9.68. The highest BCUT2D eigenvalue weighted by Gasteiger charge is 2.28. The first kappa shape index (κ1) is 17.0. The second kappa shape index (κ2) is 8.33. The SMILES string of the molecule is CCc1ccc(CC2CC(C)CCC2CNCC(C)C)s1. The number of rotatable bonds is 7. The molecule has 120 valence electrons. The minimum absolute atomic E-state index is 0.760. The van der Waals surface area contributed by atoms with E-state index in [1.54, 1.807) is 9.75 Å². The Morgan fingerprint density at radius 2 is 1.95 bits per heavy atom. The fourth-order valence-corrected chi connectivity index (χ4v) is 4.67. The van der Waals surface area contributed by atoms with E-state index in [4.69, 9.17) is 0 Å². The first-order chi connectivity index (χ1) is 10.1. The molecule has 1 aliphatic rings. The Hall–Kier alpha value is -0.340. The van der Waals surface area contributed by atoms with Gasteiger partial charge in [0.15, 0.2) is 0 Å². The molecule has 1 saturated carbocycles. The third kappa shape index (κ3) is 5.41. The van der Waals surface area contributed by atoms with Gasteiger partial charge >= 0.3 is 0 Å². The summed E-state index contributed by atoms with van der Waals surface area (Å²) in [5.74, 6) is 3.45. The molecule has 0 bridgehead atoms. The Bertz CT molecular complexity index is 409. The predicted molar refractivity (Wildman–Crippen MR) is 95.1 cm³/mol. The third-order valence-corrected chi connectivity index (χ3v) is 6.14. The molecule has 2 heteroatoms. The van der Waals surface area contributed by atoms with Crippen molar-refractivity contribution in [1.29, 1.82) is 0 Å². The Kier molecular flexibility index (Phi) is 6.75. The fraction of sp³-hybridized carbons (Fsp3) is 0.789. The molecule has 1 aromatic rings. The molecule has 0 spiro atoms. The first-order valence-electron chi connectivity index (χ1n) is 8.86. The van der Waals surface area contributed by atoms with Crippen LogP contribution in [0.5, 0.6) is 0 Å². The molecule has 1 fully saturated rings. The zero-order valence-corrected chi connectivity index (χ0v) is 15.1. The van der Waals surface area contributed by atoms with Crippen molar-refractivity contribution < 1.29 is 0 Å². The zero-order valence-electron chi connectivity index (χ0n) is 14.3. The van der Waals surface area contributed by atoms with Gasteiger partial charge in [0.1, 0.15) is 0 Å². The molecule has 0 aliphatic heterocycles. The number of nitrogens with one attached hydrogen (secondary N) is 1. The van der Waals surface area contributed by atoms with Crippen LogP contribution in [0.15, 0.2) is 12.1 Å². The van der Waals surface area contributed by atoms with Crippen LogP contribution in [0.4, 0.5) is 0 Å². The fourth-order valence-electron chi connectivity index (χ4n) is 3.62. The van der Waals surface area contributed by atoms with Crippen molar-refractivity contribution in [2.45, 2.75) is 59.8 Å². The Morgan fingerprint density at radius 3 is 2.62 bits per heavy atom. The summed E-state index contributed by atoms with van der Waals surface area (Å²) in [4.78, 5) is 3.16. The van der Waals surface area contributed by atoms with Crippen molar-refractivity contribution in [2.75, 3.05) is 13.1 Å². The van der Waals surface area contributed by atoms with E-state index in [9.17, 15) is 0 Å². The minimum atomic E-state index is 0.760. The Labute approximate surface area is 135 Å². The van der Waals surface area contributed by atoms with Gasteiger partial charge in [-0.05, 0) is 74.6 Å². The van der Waals surface area contributed by atoms with Crippen molar-refractivity contribution in [2.24, 2.45) is 23.7 Å². The van der Waals surface area contributed by atoms with Gasteiger partial charge in [-0.15, -0.1) is 11.3 Å². The van der Waals surface area contributed by atoms with Gasteiger partial charge in [-0.1, -0.05) is 34.1 Å². The van der Waals surface area contributed by atoms with Gasteiger partial charge in [0, 0.05) is 9.75 Å². The smallest absolute Gasteiger partial charge is 0.00510 e. The lowest BCUT2D eigenvalue weighted by atomic mass is 9.73. The monoisotopic (exact) mass is 307 g/mol. The summed E-state index contributed by atoms with van der Waals surface area (Å²) < 4.78 is 0. The maximum atomic E-state index is 3.70. The Balaban J connectivity index is 1.91. The summed E-state index contributed by atoms with van der Waals surface area (Å²) in [6, 6.07) is 4.71. The molecule has 3 unspecified atom stereocenters.